The van der Waals surface area contributed by atoms with Crippen LogP contribution in [0, 0.1) is 5.92 Å². The highest BCUT2D eigenvalue weighted by atomic mass is 19.4. The molecule has 0 spiro atoms. The first kappa shape index (κ1) is 59.9. The molecule has 11 nitrogen and oxygen atoms in total. The number of fused-ring (bicyclic) bond motifs is 2. The standard InChI is InChI=1S/C58H61F12N9O2/c1-5-76(32-37-16-9-10-17-37)51-43(29-41-19-12-14-22-49(41)72-51)36-77(33-38-24-44(55(59,60)61)30-45(25-38)56(62,63)64)52-73-75-79(74-52)23-15-7-6-8-20-50-42(28-40-18-11-13-21-48(40)71-50)35-78(53(80)81-54(2,3)4)34-39-26-46(57(65,66)67)31-47(27-39)58(68,69)70/h11-14,18-19,21-22,24-31,37H,5-10,15-17,20,23,32-36H2,1-4H3. The highest BCUT2D eigenvalue weighted by molar-refractivity contribution is 5.82. The van der Waals surface area contributed by atoms with E-state index in [1.165, 1.54) is 9.70 Å². The van der Waals surface area contributed by atoms with Crippen LogP contribution in [-0.4, -0.2) is 59.9 Å². The molecule has 23 heteroatoms. The van der Waals surface area contributed by atoms with E-state index in [4.69, 9.17) is 14.7 Å². The van der Waals surface area contributed by atoms with Gasteiger partial charge in [0.1, 0.15) is 11.4 Å². The Morgan fingerprint density at radius 3 is 1.67 bits per heavy atom. The zero-order valence-corrected chi connectivity index (χ0v) is 45.0. The number of carbonyl (C=O) groups excluding carboxylic acids is 1. The van der Waals surface area contributed by atoms with E-state index in [9.17, 15) is 57.5 Å². The van der Waals surface area contributed by atoms with Gasteiger partial charge in [-0.25, -0.2) is 9.78 Å². The van der Waals surface area contributed by atoms with Gasteiger partial charge in [0.05, 0.1) is 46.4 Å². The first-order chi connectivity index (χ1) is 38.1. The molecule has 0 aliphatic heterocycles. The third-order valence-corrected chi connectivity index (χ3v) is 14.0. The second kappa shape index (κ2) is 24.5. The number of nitrogens with zero attached hydrogens (tertiary/aromatic N) is 9. The van der Waals surface area contributed by atoms with Crippen LogP contribution in [0.3, 0.4) is 0 Å². The fourth-order valence-electron chi connectivity index (χ4n) is 10.1. The smallest absolute Gasteiger partial charge is 0.416 e. The van der Waals surface area contributed by atoms with Crippen LogP contribution in [0.25, 0.3) is 21.8 Å². The maximum absolute atomic E-state index is 14.2. The van der Waals surface area contributed by atoms with Crippen molar-refractivity contribution in [3.63, 3.8) is 0 Å². The van der Waals surface area contributed by atoms with Crippen LogP contribution in [0.2, 0.25) is 0 Å². The Bertz CT molecular complexity index is 3230. The fourth-order valence-corrected chi connectivity index (χ4v) is 10.1. The summed E-state index contributed by atoms with van der Waals surface area (Å²) in [6.07, 6.45) is -14.4. The molecule has 3 aromatic heterocycles. The van der Waals surface area contributed by atoms with E-state index in [1.54, 1.807) is 51.1 Å². The van der Waals surface area contributed by atoms with E-state index in [0.717, 1.165) is 36.0 Å². The molecule has 0 radical (unpaired) electrons. The predicted molar refractivity (Wildman–Crippen MR) is 282 cm³/mol. The number of alkyl halides is 12. The molecule has 81 heavy (non-hydrogen) atoms. The maximum Gasteiger partial charge on any atom is 0.416 e. The van der Waals surface area contributed by atoms with E-state index in [0.29, 0.717) is 114 Å². The Morgan fingerprint density at radius 1 is 0.605 bits per heavy atom. The molecule has 0 bridgehead atoms. The first-order valence-electron chi connectivity index (χ1n) is 26.7. The number of ether oxygens (including phenoxy) is 1. The molecule has 0 unspecified atom stereocenters. The molecule has 7 aromatic rings. The van der Waals surface area contributed by atoms with E-state index in [2.05, 4.69) is 20.3 Å². The second-order valence-corrected chi connectivity index (χ2v) is 21.5. The fraction of sp³-hybridized carbons (Fsp3) is 0.448. The molecular weight excluding hydrogens is 1080 g/mol. The number of hydrogen-bond donors (Lipinski definition) is 0. The van der Waals surface area contributed by atoms with Gasteiger partial charge in [-0.3, -0.25) is 9.88 Å². The van der Waals surface area contributed by atoms with Crippen molar-refractivity contribution in [1.82, 2.24) is 35.1 Å². The molecule has 1 fully saturated rings. The number of unbranched alkanes of at least 4 members (excludes halogenated alkanes) is 3. The summed E-state index contributed by atoms with van der Waals surface area (Å²) in [4.78, 5) is 29.7. The maximum atomic E-state index is 14.2. The quantitative estimate of drug-likeness (QED) is 0.0545. The van der Waals surface area contributed by atoms with Gasteiger partial charge in [-0.15, -0.1) is 5.10 Å². The molecular formula is C58H61F12N9O2. The van der Waals surface area contributed by atoms with Crippen molar-refractivity contribution in [2.75, 3.05) is 22.9 Å². The van der Waals surface area contributed by atoms with Gasteiger partial charge < -0.3 is 14.5 Å². The minimum absolute atomic E-state index is 0.0216. The van der Waals surface area contributed by atoms with Gasteiger partial charge >= 0.3 is 30.8 Å². The third kappa shape index (κ3) is 16.0. The molecule has 1 aliphatic rings. The van der Waals surface area contributed by atoms with Gasteiger partial charge in [0.25, 0.3) is 5.95 Å². The van der Waals surface area contributed by atoms with Gasteiger partial charge in [-0.05, 0) is 148 Å². The Morgan fingerprint density at radius 2 is 1.12 bits per heavy atom. The van der Waals surface area contributed by atoms with Crippen LogP contribution < -0.4 is 9.80 Å². The summed E-state index contributed by atoms with van der Waals surface area (Å²) in [5.41, 5.74) is -4.72. The summed E-state index contributed by atoms with van der Waals surface area (Å²) in [6.45, 7) is 6.81. The third-order valence-electron chi connectivity index (χ3n) is 14.0. The molecule has 0 atom stereocenters. The van der Waals surface area contributed by atoms with Crippen molar-refractivity contribution in [3.05, 3.63) is 147 Å². The van der Waals surface area contributed by atoms with Crippen molar-refractivity contribution in [2.45, 2.75) is 149 Å². The molecule has 1 saturated carbocycles. The van der Waals surface area contributed by atoms with Crippen LogP contribution in [0.4, 0.5) is 69.2 Å². The van der Waals surface area contributed by atoms with Crippen molar-refractivity contribution < 1.29 is 62.2 Å². The van der Waals surface area contributed by atoms with E-state index < -0.39 is 77.3 Å². The molecule has 0 saturated heterocycles. The van der Waals surface area contributed by atoms with Crippen LogP contribution in [0.15, 0.2) is 97.1 Å². The number of anilines is 2. The van der Waals surface area contributed by atoms with E-state index in [-0.39, 0.29) is 43.3 Å². The van der Waals surface area contributed by atoms with Crippen LogP contribution >= 0.6 is 0 Å². The molecule has 0 N–H and O–H groups in total. The summed E-state index contributed by atoms with van der Waals surface area (Å²) in [5, 5.41) is 14.6. The first-order valence-corrected chi connectivity index (χ1v) is 26.7. The number of halogens is 12. The summed E-state index contributed by atoms with van der Waals surface area (Å²) in [7, 11) is 0. The summed E-state index contributed by atoms with van der Waals surface area (Å²) >= 11 is 0. The van der Waals surface area contributed by atoms with Crippen LogP contribution in [0.5, 0.6) is 0 Å². The van der Waals surface area contributed by atoms with Crippen molar-refractivity contribution in [2.24, 2.45) is 5.92 Å². The minimum atomic E-state index is -5.11. The zero-order chi connectivity index (χ0) is 58.5. The monoisotopic (exact) mass is 1140 g/mol. The van der Waals surface area contributed by atoms with Gasteiger partial charge in [0, 0.05) is 54.8 Å². The van der Waals surface area contributed by atoms with Crippen LogP contribution in [-0.2, 0) is 68.6 Å². The highest BCUT2D eigenvalue weighted by Crippen LogP contribution is 2.40. The topological polar surface area (TPSA) is 105 Å². The number of benzene rings is 4. The SMILES string of the molecule is CCN(CC1CCCC1)c1nc2ccccc2cc1CN(Cc1cc(C(F)(F)F)cc(C(F)(F)F)c1)c1nnn(CCCCCCc2nc3ccccc3cc2CN(Cc2cc(C(F)(F)F)cc(C(F)(F)F)c2)C(=O)OC(C)(C)C)n1. The van der Waals surface area contributed by atoms with Gasteiger partial charge in [-0.1, -0.05) is 67.2 Å². The number of amides is 1. The minimum Gasteiger partial charge on any atom is -0.444 e. The Labute approximate surface area is 460 Å². The Balaban J connectivity index is 1.01. The molecule has 1 amide bonds. The summed E-state index contributed by atoms with van der Waals surface area (Å²) < 4.78 is 174. The zero-order valence-electron chi connectivity index (χ0n) is 45.0. The van der Waals surface area contributed by atoms with Gasteiger partial charge in [-0.2, -0.15) is 57.5 Å². The Kier molecular flexibility index (Phi) is 18.1. The summed E-state index contributed by atoms with van der Waals surface area (Å²) in [6, 6.07) is 20.9. The lowest BCUT2D eigenvalue weighted by Gasteiger charge is -2.30. The predicted octanol–water partition coefficient (Wildman–Crippen LogP) is 15.8. The lowest BCUT2D eigenvalue weighted by atomic mass is 10.0. The normalized spacial score (nSPS) is 13.8. The lowest BCUT2D eigenvalue weighted by Crippen LogP contribution is -2.36. The largest absolute Gasteiger partial charge is 0.444 e. The molecule has 4 aromatic carbocycles. The number of para-hydroxylation sites is 2. The number of hydrogen-bond acceptors (Lipinski definition) is 9. The number of carbonyl (C=O) groups is 1. The number of tetrazole rings is 1. The Hall–Kier alpha value is -7.20. The van der Waals surface area contributed by atoms with E-state index >= 15 is 0 Å². The number of aryl methyl sites for hydroxylation is 2. The highest BCUT2D eigenvalue weighted by Gasteiger charge is 2.39. The second-order valence-electron chi connectivity index (χ2n) is 21.5. The number of pyridine rings is 2. The van der Waals surface area contributed by atoms with Gasteiger partial charge in [0.15, 0.2) is 0 Å². The van der Waals surface area contributed by atoms with Crippen molar-refractivity contribution >= 4 is 39.7 Å². The number of rotatable bonds is 20. The number of aromatic nitrogens is 6. The molecule has 8 rings (SSSR count). The summed E-state index contributed by atoms with van der Waals surface area (Å²) in [5.74, 6) is 1.01. The van der Waals surface area contributed by atoms with E-state index in [1.807, 2.05) is 37.3 Å². The molecule has 1 aliphatic carbocycles. The molecule has 434 valence electrons. The molecule has 3 heterocycles. The van der Waals surface area contributed by atoms with Gasteiger partial charge in [0.2, 0.25) is 0 Å². The average molecular weight is 1140 g/mol. The van der Waals surface area contributed by atoms with Crippen molar-refractivity contribution in [1.29, 1.82) is 0 Å². The lowest BCUT2D eigenvalue weighted by molar-refractivity contribution is -0.144. The average Bonchev–Trinajstić information content (AvgIpc) is 4.12. The van der Waals surface area contributed by atoms with Crippen molar-refractivity contribution in [3.8, 4) is 0 Å². The van der Waals surface area contributed by atoms with Crippen LogP contribution in [0.1, 0.15) is 129 Å².